The van der Waals surface area contributed by atoms with Gasteiger partial charge in [-0.2, -0.15) is 0 Å². The van der Waals surface area contributed by atoms with Crippen LogP contribution >= 0.6 is 11.6 Å². The molecule has 0 aliphatic carbocycles. The molecule has 1 atom stereocenters. The Kier molecular flexibility index (Phi) is 4.66. The fourth-order valence-corrected chi connectivity index (χ4v) is 2.97. The van der Waals surface area contributed by atoms with E-state index in [0.717, 1.165) is 6.42 Å². The number of aromatic amines is 1. The van der Waals surface area contributed by atoms with Gasteiger partial charge < -0.3 is 15.2 Å². The SMILES string of the molecule is O=C(N[C@@H]1CCCN(c2ccccc2Cl)C1=O)c1cccc(=O)[nH]1. The van der Waals surface area contributed by atoms with Gasteiger partial charge in [-0.15, -0.1) is 0 Å². The van der Waals surface area contributed by atoms with E-state index in [1.54, 1.807) is 23.1 Å². The van der Waals surface area contributed by atoms with Crippen LogP contribution in [0.15, 0.2) is 47.3 Å². The van der Waals surface area contributed by atoms with Gasteiger partial charge in [0, 0.05) is 12.6 Å². The molecule has 2 amide bonds. The number of rotatable bonds is 3. The summed E-state index contributed by atoms with van der Waals surface area (Å²) in [6.45, 7) is 0.553. The van der Waals surface area contributed by atoms with Crippen molar-refractivity contribution in [3.63, 3.8) is 0 Å². The number of nitrogens with one attached hydrogen (secondary N) is 2. The van der Waals surface area contributed by atoms with Crippen molar-refractivity contribution >= 4 is 29.1 Å². The summed E-state index contributed by atoms with van der Waals surface area (Å²) in [6.07, 6.45) is 1.29. The first kappa shape index (κ1) is 16.3. The molecular formula is C17H16ClN3O3. The van der Waals surface area contributed by atoms with Crippen molar-refractivity contribution in [1.82, 2.24) is 10.3 Å². The quantitative estimate of drug-likeness (QED) is 0.892. The number of amides is 2. The molecule has 1 aliphatic heterocycles. The predicted molar refractivity (Wildman–Crippen MR) is 91.4 cm³/mol. The Hall–Kier alpha value is -2.60. The number of benzene rings is 1. The van der Waals surface area contributed by atoms with Crippen molar-refractivity contribution in [2.45, 2.75) is 18.9 Å². The van der Waals surface area contributed by atoms with E-state index in [9.17, 15) is 14.4 Å². The maximum atomic E-state index is 12.7. The first-order chi connectivity index (χ1) is 11.6. The number of carbonyl (C=O) groups is 2. The standard InChI is InChI=1S/C17H16ClN3O3/c18-11-5-1-2-8-14(11)21-10-4-7-13(17(21)24)20-16(23)12-6-3-9-15(22)19-12/h1-3,5-6,8-9,13H,4,7,10H2,(H,19,22)(H,20,23)/t13-/m1/s1. The van der Waals surface area contributed by atoms with E-state index in [1.807, 2.05) is 6.07 Å². The fraction of sp³-hybridized carbons (Fsp3) is 0.235. The Morgan fingerprint density at radius 1 is 1.17 bits per heavy atom. The van der Waals surface area contributed by atoms with Crippen LogP contribution in [0, 0.1) is 0 Å². The molecule has 0 saturated carbocycles. The highest BCUT2D eigenvalue weighted by atomic mass is 35.5. The van der Waals surface area contributed by atoms with E-state index < -0.39 is 11.9 Å². The molecule has 24 heavy (non-hydrogen) atoms. The van der Waals surface area contributed by atoms with Crippen molar-refractivity contribution in [2.24, 2.45) is 0 Å². The number of anilines is 1. The van der Waals surface area contributed by atoms with Crippen LogP contribution in [0.25, 0.3) is 0 Å². The van der Waals surface area contributed by atoms with Crippen LogP contribution in [0.4, 0.5) is 5.69 Å². The van der Waals surface area contributed by atoms with Crippen molar-refractivity contribution < 1.29 is 9.59 Å². The molecule has 2 aromatic rings. The fourth-order valence-electron chi connectivity index (χ4n) is 2.74. The monoisotopic (exact) mass is 345 g/mol. The lowest BCUT2D eigenvalue weighted by Crippen LogP contribution is -2.52. The molecule has 1 fully saturated rings. The maximum Gasteiger partial charge on any atom is 0.268 e. The average molecular weight is 346 g/mol. The molecule has 3 rings (SSSR count). The Balaban J connectivity index is 1.77. The van der Waals surface area contributed by atoms with E-state index >= 15 is 0 Å². The summed E-state index contributed by atoms with van der Waals surface area (Å²) >= 11 is 6.17. The summed E-state index contributed by atoms with van der Waals surface area (Å²) in [5.41, 5.74) is 0.400. The van der Waals surface area contributed by atoms with Crippen molar-refractivity contribution in [3.8, 4) is 0 Å². The van der Waals surface area contributed by atoms with Gasteiger partial charge in [0.25, 0.3) is 5.91 Å². The zero-order valence-electron chi connectivity index (χ0n) is 12.8. The molecular weight excluding hydrogens is 330 g/mol. The third kappa shape index (κ3) is 3.33. The zero-order chi connectivity index (χ0) is 17.1. The van der Waals surface area contributed by atoms with E-state index in [-0.39, 0.29) is 17.2 Å². The van der Waals surface area contributed by atoms with Crippen molar-refractivity contribution in [1.29, 1.82) is 0 Å². The van der Waals surface area contributed by atoms with E-state index in [2.05, 4.69) is 10.3 Å². The smallest absolute Gasteiger partial charge is 0.268 e. The molecule has 1 saturated heterocycles. The minimum atomic E-state index is -0.647. The second-order valence-electron chi connectivity index (χ2n) is 5.54. The molecule has 2 N–H and O–H groups in total. The average Bonchev–Trinajstić information content (AvgIpc) is 2.57. The summed E-state index contributed by atoms with van der Waals surface area (Å²) in [5, 5.41) is 3.18. The van der Waals surface area contributed by atoms with Crippen LogP contribution in [-0.2, 0) is 4.79 Å². The van der Waals surface area contributed by atoms with Gasteiger partial charge in [-0.3, -0.25) is 14.4 Å². The lowest BCUT2D eigenvalue weighted by molar-refractivity contribution is -0.121. The highest BCUT2D eigenvalue weighted by molar-refractivity contribution is 6.33. The molecule has 2 heterocycles. The van der Waals surface area contributed by atoms with Crippen LogP contribution in [0.3, 0.4) is 0 Å². The number of hydrogen-bond donors (Lipinski definition) is 2. The van der Waals surface area contributed by atoms with E-state index in [4.69, 9.17) is 11.6 Å². The summed E-state index contributed by atoms with van der Waals surface area (Å²) in [5.74, 6) is -0.687. The van der Waals surface area contributed by atoms with Crippen LogP contribution in [-0.4, -0.2) is 29.4 Å². The Bertz CT molecular complexity index is 834. The molecule has 0 unspecified atom stereocenters. The molecule has 0 radical (unpaired) electrons. The summed E-state index contributed by atoms with van der Waals surface area (Å²) in [4.78, 5) is 40.3. The number of halogens is 1. The first-order valence-electron chi connectivity index (χ1n) is 7.62. The molecule has 6 nitrogen and oxygen atoms in total. The predicted octanol–water partition coefficient (Wildman–Crippen LogP) is 1.95. The molecule has 1 aliphatic rings. The number of pyridine rings is 1. The number of H-pyrrole nitrogens is 1. The summed E-state index contributed by atoms with van der Waals surface area (Å²) in [6, 6.07) is 10.8. The van der Waals surface area contributed by atoms with Crippen molar-refractivity contribution in [2.75, 3.05) is 11.4 Å². The third-order valence-electron chi connectivity index (χ3n) is 3.90. The third-order valence-corrected chi connectivity index (χ3v) is 4.22. The van der Waals surface area contributed by atoms with Gasteiger partial charge in [0.2, 0.25) is 11.5 Å². The topological polar surface area (TPSA) is 82.3 Å². The van der Waals surface area contributed by atoms with Gasteiger partial charge in [0.1, 0.15) is 11.7 Å². The molecule has 0 spiro atoms. The normalized spacial score (nSPS) is 17.6. The Morgan fingerprint density at radius 2 is 1.96 bits per heavy atom. The number of nitrogens with zero attached hydrogens (tertiary/aromatic N) is 1. The van der Waals surface area contributed by atoms with Crippen LogP contribution in [0.1, 0.15) is 23.3 Å². The number of para-hydroxylation sites is 1. The van der Waals surface area contributed by atoms with Crippen LogP contribution < -0.4 is 15.8 Å². The number of aromatic nitrogens is 1. The summed E-state index contributed by atoms with van der Waals surface area (Å²) in [7, 11) is 0. The highest BCUT2D eigenvalue weighted by Crippen LogP contribution is 2.28. The lowest BCUT2D eigenvalue weighted by Gasteiger charge is -2.33. The molecule has 7 heteroatoms. The molecule has 0 bridgehead atoms. The second kappa shape index (κ2) is 6.88. The number of hydrogen-bond acceptors (Lipinski definition) is 3. The van der Waals surface area contributed by atoms with Crippen LogP contribution in [0.2, 0.25) is 5.02 Å². The Labute approximate surface area is 143 Å². The number of piperidine rings is 1. The zero-order valence-corrected chi connectivity index (χ0v) is 13.5. The van der Waals surface area contributed by atoms with Gasteiger partial charge >= 0.3 is 0 Å². The Morgan fingerprint density at radius 3 is 2.71 bits per heavy atom. The molecule has 1 aromatic carbocycles. The van der Waals surface area contributed by atoms with E-state index in [1.165, 1.54) is 18.2 Å². The van der Waals surface area contributed by atoms with Gasteiger partial charge in [-0.1, -0.05) is 29.8 Å². The first-order valence-corrected chi connectivity index (χ1v) is 8.00. The van der Waals surface area contributed by atoms with E-state index in [0.29, 0.717) is 23.7 Å². The second-order valence-corrected chi connectivity index (χ2v) is 5.95. The molecule has 124 valence electrons. The van der Waals surface area contributed by atoms with Crippen LogP contribution in [0.5, 0.6) is 0 Å². The number of carbonyl (C=O) groups excluding carboxylic acids is 2. The van der Waals surface area contributed by atoms with Gasteiger partial charge in [-0.05, 0) is 31.0 Å². The maximum absolute atomic E-state index is 12.7. The van der Waals surface area contributed by atoms with Gasteiger partial charge in [-0.25, -0.2) is 0 Å². The van der Waals surface area contributed by atoms with Crippen molar-refractivity contribution in [3.05, 3.63) is 63.5 Å². The van der Waals surface area contributed by atoms with Gasteiger partial charge in [0.15, 0.2) is 0 Å². The summed E-state index contributed by atoms with van der Waals surface area (Å²) < 4.78 is 0. The minimum Gasteiger partial charge on any atom is -0.339 e. The minimum absolute atomic E-state index is 0.130. The largest absolute Gasteiger partial charge is 0.339 e. The highest BCUT2D eigenvalue weighted by Gasteiger charge is 2.31. The lowest BCUT2D eigenvalue weighted by atomic mass is 10.0. The molecule has 1 aromatic heterocycles. The van der Waals surface area contributed by atoms with Gasteiger partial charge in [0.05, 0.1) is 10.7 Å².